The van der Waals surface area contributed by atoms with Gasteiger partial charge in [-0.1, -0.05) is 47.2 Å². The number of rotatable bonds is 2. The SMILES string of the molecule is Cc1ccc(N2C(=O)[C@H]3[C@@H]4C[C@H]([C@@H]3C2=O)[C@H]2[C@H](c3ccccc3O)c3sc(=O)[nH]c3S[C@H]42)cc1. The van der Waals surface area contributed by atoms with Crippen LogP contribution in [0, 0.1) is 36.5 Å². The van der Waals surface area contributed by atoms with Crippen molar-refractivity contribution >= 4 is 40.6 Å². The van der Waals surface area contributed by atoms with Crippen LogP contribution in [0.15, 0.2) is 58.4 Å². The Balaban J connectivity index is 1.34. The number of aromatic nitrogens is 1. The molecule has 2 bridgehead atoms. The predicted molar refractivity (Wildman–Crippen MR) is 130 cm³/mol. The summed E-state index contributed by atoms with van der Waals surface area (Å²) < 4.78 is 0. The van der Waals surface area contributed by atoms with Gasteiger partial charge in [0.25, 0.3) is 0 Å². The number of aryl methyl sites for hydroxylation is 1. The van der Waals surface area contributed by atoms with Crippen LogP contribution in [0.2, 0.25) is 0 Å². The van der Waals surface area contributed by atoms with Crippen LogP contribution < -0.4 is 9.77 Å². The lowest BCUT2D eigenvalue weighted by Gasteiger charge is -2.43. The molecule has 3 aromatic rings. The number of carbonyl (C=O) groups excluding carboxylic acids is 2. The molecule has 0 spiro atoms. The van der Waals surface area contributed by atoms with Crippen molar-refractivity contribution in [1.29, 1.82) is 0 Å². The Morgan fingerprint density at radius 2 is 1.68 bits per heavy atom. The van der Waals surface area contributed by atoms with Gasteiger partial charge in [-0.15, -0.1) is 11.8 Å². The van der Waals surface area contributed by atoms with Crippen LogP contribution in [0.4, 0.5) is 5.69 Å². The van der Waals surface area contributed by atoms with Crippen molar-refractivity contribution in [2.24, 2.45) is 29.6 Å². The van der Waals surface area contributed by atoms with E-state index < -0.39 is 0 Å². The van der Waals surface area contributed by atoms with E-state index in [2.05, 4.69) is 4.98 Å². The third-order valence-corrected chi connectivity index (χ3v) is 10.9. The number of hydrogen-bond donors (Lipinski definition) is 2. The lowest BCUT2D eigenvalue weighted by Crippen LogP contribution is -2.42. The van der Waals surface area contributed by atoms with Crippen molar-refractivity contribution in [2.75, 3.05) is 4.90 Å². The largest absolute Gasteiger partial charge is 0.508 e. The second kappa shape index (κ2) is 7.09. The number of anilines is 1. The maximum atomic E-state index is 13.7. The smallest absolute Gasteiger partial charge is 0.305 e. The highest BCUT2D eigenvalue weighted by atomic mass is 32.2. The fourth-order valence-corrected chi connectivity index (χ4v) is 9.94. The van der Waals surface area contributed by atoms with E-state index in [0.717, 1.165) is 27.5 Å². The van der Waals surface area contributed by atoms with Gasteiger partial charge in [0.05, 0.1) is 22.5 Å². The van der Waals surface area contributed by atoms with Gasteiger partial charge in [0, 0.05) is 21.6 Å². The van der Waals surface area contributed by atoms with Crippen molar-refractivity contribution in [2.45, 2.75) is 29.5 Å². The van der Waals surface area contributed by atoms with Gasteiger partial charge in [-0.3, -0.25) is 19.3 Å². The number of phenolic OH excluding ortho intramolecular Hbond substituents is 1. The molecular weight excluding hydrogens is 468 g/mol. The number of amides is 2. The van der Waals surface area contributed by atoms with Crippen LogP contribution in [-0.4, -0.2) is 27.2 Å². The Bertz CT molecular complexity index is 1410. The van der Waals surface area contributed by atoms with Gasteiger partial charge in [0.2, 0.25) is 11.8 Å². The lowest BCUT2D eigenvalue weighted by molar-refractivity contribution is -0.123. The molecule has 34 heavy (non-hydrogen) atoms. The first-order valence-corrected chi connectivity index (χ1v) is 13.3. The van der Waals surface area contributed by atoms with Crippen LogP contribution in [0.25, 0.3) is 0 Å². The minimum absolute atomic E-state index is 0.0364. The van der Waals surface area contributed by atoms with Crippen LogP contribution >= 0.6 is 23.1 Å². The minimum Gasteiger partial charge on any atom is -0.508 e. The molecule has 4 aliphatic rings. The van der Waals surface area contributed by atoms with Crippen molar-refractivity contribution in [3.63, 3.8) is 0 Å². The summed E-state index contributed by atoms with van der Waals surface area (Å²) in [5, 5.41) is 11.7. The number of nitrogens with zero attached hydrogens (tertiary/aromatic N) is 1. The number of carbonyl (C=O) groups is 2. The first kappa shape index (κ1) is 20.5. The summed E-state index contributed by atoms with van der Waals surface area (Å²) in [6.45, 7) is 1.98. The number of benzene rings is 2. The summed E-state index contributed by atoms with van der Waals surface area (Å²) in [6, 6.07) is 14.9. The van der Waals surface area contributed by atoms with Crippen LogP contribution in [0.5, 0.6) is 5.75 Å². The number of nitrogens with one attached hydrogen (secondary N) is 1. The number of hydrogen-bond acceptors (Lipinski definition) is 6. The monoisotopic (exact) mass is 490 g/mol. The third-order valence-electron chi connectivity index (χ3n) is 8.29. The molecule has 172 valence electrons. The van der Waals surface area contributed by atoms with E-state index >= 15 is 0 Å². The van der Waals surface area contributed by atoms with Gasteiger partial charge in [-0.2, -0.15) is 0 Å². The molecular formula is C26H22N2O4S2. The molecule has 0 unspecified atom stereocenters. The summed E-state index contributed by atoms with van der Waals surface area (Å²) in [6.07, 6.45) is 0.833. The quantitative estimate of drug-likeness (QED) is 0.527. The number of aromatic amines is 1. The molecule has 7 atom stereocenters. The summed E-state index contributed by atoms with van der Waals surface area (Å²) in [5.41, 5.74) is 2.52. The molecule has 2 N–H and O–H groups in total. The van der Waals surface area contributed by atoms with Crippen molar-refractivity contribution in [1.82, 2.24) is 4.98 Å². The van der Waals surface area contributed by atoms with Crippen LogP contribution in [0.1, 0.15) is 28.3 Å². The van der Waals surface area contributed by atoms with Gasteiger partial charge in [-0.25, -0.2) is 0 Å². The predicted octanol–water partition coefficient (Wildman–Crippen LogP) is 4.13. The van der Waals surface area contributed by atoms with Crippen molar-refractivity contribution in [3.05, 3.63) is 74.2 Å². The maximum Gasteiger partial charge on any atom is 0.305 e. The summed E-state index contributed by atoms with van der Waals surface area (Å²) in [4.78, 5) is 44.8. The first-order valence-electron chi connectivity index (χ1n) is 11.6. The highest BCUT2D eigenvalue weighted by molar-refractivity contribution is 8.00. The van der Waals surface area contributed by atoms with E-state index in [0.29, 0.717) is 5.69 Å². The molecule has 2 aliphatic carbocycles. The Labute approximate surface area is 204 Å². The molecule has 0 radical (unpaired) electrons. The molecule has 6 nitrogen and oxygen atoms in total. The molecule has 1 aromatic heterocycles. The van der Waals surface area contributed by atoms with E-state index in [1.807, 2.05) is 43.3 Å². The molecule has 2 aromatic carbocycles. The summed E-state index contributed by atoms with van der Waals surface area (Å²) in [5.74, 6) is -0.615. The van der Waals surface area contributed by atoms with Gasteiger partial charge < -0.3 is 10.1 Å². The molecule has 8 heteroatoms. The fraction of sp³-hybridized carbons (Fsp3) is 0.346. The van der Waals surface area contributed by atoms with Gasteiger partial charge >= 0.3 is 4.87 Å². The number of thioether (sulfide) groups is 1. The topological polar surface area (TPSA) is 90.5 Å². The zero-order valence-corrected chi connectivity index (χ0v) is 19.9. The molecule has 2 saturated carbocycles. The minimum atomic E-state index is -0.341. The molecule has 1 saturated heterocycles. The van der Waals surface area contributed by atoms with Gasteiger partial charge in [-0.05, 0) is 49.3 Å². The molecule has 3 heterocycles. The van der Waals surface area contributed by atoms with Crippen LogP contribution in [-0.2, 0) is 9.59 Å². The lowest BCUT2D eigenvalue weighted by atomic mass is 9.68. The van der Waals surface area contributed by atoms with Crippen molar-refractivity contribution < 1.29 is 14.7 Å². The maximum absolute atomic E-state index is 13.7. The number of aromatic hydroxyl groups is 1. The summed E-state index contributed by atoms with van der Waals surface area (Å²) in [7, 11) is 0. The number of fused-ring (bicyclic) bond motifs is 9. The second-order valence-electron chi connectivity index (χ2n) is 9.87. The molecule has 2 aliphatic heterocycles. The zero-order valence-electron chi connectivity index (χ0n) is 18.3. The number of phenols is 1. The average molecular weight is 491 g/mol. The van der Waals surface area contributed by atoms with Gasteiger partial charge in [0.1, 0.15) is 5.75 Å². The van der Waals surface area contributed by atoms with Crippen molar-refractivity contribution in [3.8, 4) is 5.75 Å². The Morgan fingerprint density at radius 1 is 0.971 bits per heavy atom. The molecule has 7 rings (SSSR count). The average Bonchev–Trinajstić information content (AvgIpc) is 3.54. The molecule has 3 fully saturated rings. The zero-order chi connectivity index (χ0) is 23.3. The van der Waals surface area contributed by atoms with E-state index in [1.165, 1.54) is 16.2 Å². The molecule has 2 amide bonds. The Hall–Kier alpha value is -2.84. The van der Waals surface area contributed by atoms with E-state index in [9.17, 15) is 19.5 Å². The Kier molecular flexibility index (Phi) is 4.28. The Morgan fingerprint density at radius 3 is 2.41 bits per heavy atom. The standard InChI is InChI=1S/C26H22N2O4S2/c1-11-6-8-12(9-7-11)28-24(30)19-14-10-15(20(19)25(28)31)21-18(14)17(13-4-2-3-5-16(13)29)22-23(33-21)27-26(32)34-22/h2-9,14-15,17-21,29H,10H2,1H3,(H,27,32)/t14-,15-,17-,18-,19-,20-,21+/m0/s1. The first-order chi connectivity index (χ1) is 16.4. The van der Waals surface area contributed by atoms with E-state index in [1.54, 1.807) is 23.9 Å². The number of imide groups is 1. The number of thiazole rings is 1. The highest BCUT2D eigenvalue weighted by Gasteiger charge is 2.69. The second-order valence-corrected chi connectivity index (χ2v) is 12.1. The third kappa shape index (κ3) is 2.61. The van der Waals surface area contributed by atoms with E-state index in [-0.39, 0.29) is 63.2 Å². The highest BCUT2D eigenvalue weighted by Crippen LogP contribution is 2.69. The van der Waals surface area contributed by atoms with E-state index in [4.69, 9.17) is 0 Å². The van der Waals surface area contributed by atoms with Gasteiger partial charge in [0.15, 0.2) is 0 Å². The summed E-state index contributed by atoms with van der Waals surface area (Å²) >= 11 is 2.86. The number of H-pyrrole nitrogens is 1. The van der Waals surface area contributed by atoms with Crippen LogP contribution in [0.3, 0.4) is 0 Å². The number of para-hydroxylation sites is 1. The normalized spacial score (nSPS) is 33.2. The fourth-order valence-electron chi connectivity index (χ4n) is 7.06.